The van der Waals surface area contributed by atoms with Crippen LogP contribution in [0.25, 0.3) is 10.8 Å². The van der Waals surface area contributed by atoms with Crippen molar-refractivity contribution in [1.29, 1.82) is 0 Å². The number of nitrogens with two attached hydrogens (primary N) is 1. The van der Waals surface area contributed by atoms with Crippen LogP contribution in [-0.4, -0.2) is 22.5 Å². The van der Waals surface area contributed by atoms with E-state index in [1.165, 1.54) is 42.4 Å². The summed E-state index contributed by atoms with van der Waals surface area (Å²) in [6.07, 6.45) is 0. The van der Waals surface area contributed by atoms with Gasteiger partial charge in [-0.2, -0.15) is 0 Å². The molecule has 0 aliphatic carbocycles. The van der Waals surface area contributed by atoms with Crippen molar-refractivity contribution in [3.8, 4) is 0 Å². The average Bonchev–Trinajstić information content (AvgIpc) is 2.16. The third-order valence-electron chi connectivity index (χ3n) is 2.41. The summed E-state index contributed by atoms with van der Waals surface area (Å²) in [5.74, 6) is 0. The second-order valence-electron chi connectivity index (χ2n) is 3.58. The minimum atomic E-state index is 0.133. The van der Waals surface area contributed by atoms with E-state index >= 15 is 0 Å². The van der Waals surface area contributed by atoms with Gasteiger partial charge in [0.1, 0.15) is 0 Å². The van der Waals surface area contributed by atoms with Crippen molar-refractivity contribution in [3.63, 3.8) is 0 Å². The molecule has 0 aromatic heterocycles. The van der Waals surface area contributed by atoms with E-state index in [1.54, 1.807) is 0 Å². The van der Waals surface area contributed by atoms with Crippen LogP contribution in [0.5, 0.6) is 0 Å². The molecule has 2 aromatic rings. The molecular weight excluding hydrogens is 277 g/mol. The van der Waals surface area contributed by atoms with E-state index < -0.39 is 0 Å². The van der Waals surface area contributed by atoms with Crippen molar-refractivity contribution in [2.45, 2.75) is 13.0 Å². The fourth-order valence-corrected chi connectivity index (χ4v) is 2.93. The zero-order valence-electron chi connectivity index (χ0n) is 8.12. The Morgan fingerprint density at radius 3 is 2.29 bits per heavy atom. The molecule has 0 aliphatic heterocycles. The van der Waals surface area contributed by atoms with Gasteiger partial charge in [0.2, 0.25) is 0 Å². The molecule has 0 fully saturated rings. The summed E-state index contributed by atoms with van der Waals surface area (Å²) in [4.78, 5) is 0. The van der Waals surface area contributed by atoms with Gasteiger partial charge in [0.15, 0.2) is 0 Å². The van der Waals surface area contributed by atoms with E-state index in [9.17, 15) is 0 Å². The first-order valence-electron chi connectivity index (χ1n) is 4.68. The Hall–Kier alpha value is -0.541. The maximum atomic E-state index is 5.92. The molecule has 3 radical (unpaired) electrons. The van der Waals surface area contributed by atoms with Gasteiger partial charge >= 0.3 is 97.5 Å². The van der Waals surface area contributed by atoms with Crippen LogP contribution in [-0.2, 0) is 0 Å². The fraction of sp³-hybridized carbons (Fsp3) is 0.167. The maximum absolute atomic E-state index is 5.92. The summed E-state index contributed by atoms with van der Waals surface area (Å²) in [5.41, 5.74) is 7.20. The van der Waals surface area contributed by atoms with Crippen LogP contribution in [0, 0.1) is 0 Å². The topological polar surface area (TPSA) is 26.0 Å². The molecule has 1 nitrogen and oxygen atoms in total. The van der Waals surface area contributed by atoms with E-state index in [-0.39, 0.29) is 6.04 Å². The van der Waals surface area contributed by atoms with Gasteiger partial charge in [0.05, 0.1) is 0 Å². The molecule has 14 heavy (non-hydrogen) atoms. The van der Waals surface area contributed by atoms with E-state index in [4.69, 9.17) is 5.73 Å². The molecule has 0 saturated carbocycles. The minimum absolute atomic E-state index is 0.133. The Balaban J connectivity index is 2.71. The van der Waals surface area contributed by atoms with Gasteiger partial charge in [-0.15, -0.1) is 0 Å². The first kappa shape index (κ1) is 9.99. The molecule has 0 aliphatic rings. The molecule has 2 heteroatoms. The summed E-state index contributed by atoms with van der Waals surface area (Å²) < 4.78 is 1.37. The van der Waals surface area contributed by atoms with E-state index in [1.807, 2.05) is 6.92 Å². The predicted octanol–water partition coefficient (Wildman–Crippen LogP) is 1.65. The Kier molecular flexibility index (Phi) is 2.79. The molecule has 0 heterocycles. The third kappa shape index (κ3) is 1.79. The number of fused-ring (bicyclic) bond motifs is 1. The summed E-state index contributed by atoms with van der Waals surface area (Å²) in [6.45, 7) is 2.04. The van der Waals surface area contributed by atoms with Gasteiger partial charge in [-0.1, -0.05) is 0 Å². The van der Waals surface area contributed by atoms with Crippen molar-refractivity contribution < 1.29 is 0 Å². The normalized spacial score (nSPS) is 13.1. The van der Waals surface area contributed by atoms with Crippen molar-refractivity contribution in [1.82, 2.24) is 0 Å². The second-order valence-corrected chi connectivity index (χ2v) is 5.11. The SMILES string of the molecule is CC(N)c1cc2ccccc2c[c]1[Sn]. The Morgan fingerprint density at radius 2 is 1.71 bits per heavy atom. The Bertz CT molecular complexity index is 463. The molecule has 0 amide bonds. The molecule has 1 unspecified atom stereocenters. The summed E-state index contributed by atoms with van der Waals surface area (Å²) >= 11 is 1.43. The number of hydrogen-bond donors (Lipinski definition) is 1. The molecule has 2 rings (SSSR count). The molecule has 0 spiro atoms. The summed E-state index contributed by atoms with van der Waals surface area (Å²) in [6, 6.07) is 13.0. The average molecular weight is 289 g/mol. The molecule has 69 valence electrons. The molecular formula is C12H12NSn. The van der Waals surface area contributed by atoms with Crippen LogP contribution >= 0.6 is 0 Å². The monoisotopic (exact) mass is 290 g/mol. The van der Waals surface area contributed by atoms with Crippen LogP contribution in [0.15, 0.2) is 36.4 Å². The molecule has 1 atom stereocenters. The van der Waals surface area contributed by atoms with Crippen molar-refractivity contribution in [3.05, 3.63) is 42.0 Å². The molecule has 2 N–H and O–H groups in total. The zero-order chi connectivity index (χ0) is 10.1. The number of rotatable bonds is 1. The van der Waals surface area contributed by atoms with Gasteiger partial charge < -0.3 is 0 Å². The summed E-state index contributed by atoms with van der Waals surface area (Å²) in [7, 11) is 0. The van der Waals surface area contributed by atoms with Crippen molar-refractivity contribution in [2.75, 3.05) is 0 Å². The van der Waals surface area contributed by atoms with Gasteiger partial charge in [-0.25, -0.2) is 0 Å². The number of hydrogen-bond acceptors (Lipinski definition) is 1. The summed E-state index contributed by atoms with van der Waals surface area (Å²) in [5, 5.41) is 2.59. The fourth-order valence-electron chi connectivity index (χ4n) is 1.63. The second kappa shape index (κ2) is 3.91. The van der Waals surface area contributed by atoms with E-state index in [0.29, 0.717) is 0 Å². The predicted molar refractivity (Wildman–Crippen MR) is 61.9 cm³/mol. The van der Waals surface area contributed by atoms with Crippen molar-refractivity contribution >= 4 is 36.9 Å². The van der Waals surface area contributed by atoms with E-state index in [2.05, 4.69) is 36.4 Å². The van der Waals surface area contributed by atoms with Gasteiger partial charge in [-0.05, 0) is 0 Å². The van der Waals surface area contributed by atoms with Crippen LogP contribution in [0.1, 0.15) is 18.5 Å². The van der Waals surface area contributed by atoms with Gasteiger partial charge in [0.25, 0.3) is 0 Å². The Morgan fingerprint density at radius 1 is 1.14 bits per heavy atom. The van der Waals surface area contributed by atoms with E-state index in [0.717, 1.165) is 0 Å². The van der Waals surface area contributed by atoms with Crippen LogP contribution in [0.3, 0.4) is 0 Å². The van der Waals surface area contributed by atoms with Gasteiger partial charge in [-0.3, -0.25) is 0 Å². The zero-order valence-corrected chi connectivity index (χ0v) is 11.0. The van der Waals surface area contributed by atoms with Crippen LogP contribution < -0.4 is 9.31 Å². The first-order valence-corrected chi connectivity index (χ1v) is 6.11. The quantitative estimate of drug-likeness (QED) is 0.794. The molecule has 0 saturated heterocycles. The molecule has 2 aromatic carbocycles. The third-order valence-corrected chi connectivity index (χ3v) is 3.64. The Labute approximate surface area is 97.4 Å². The molecule has 0 bridgehead atoms. The van der Waals surface area contributed by atoms with Crippen LogP contribution in [0.2, 0.25) is 0 Å². The van der Waals surface area contributed by atoms with Gasteiger partial charge in [0, 0.05) is 0 Å². The van der Waals surface area contributed by atoms with Crippen molar-refractivity contribution in [2.24, 2.45) is 5.73 Å². The van der Waals surface area contributed by atoms with Crippen LogP contribution in [0.4, 0.5) is 0 Å². The first-order chi connectivity index (χ1) is 6.68. The standard InChI is InChI=1S/C12H12N.Sn/c1-9(13)11-7-6-10-4-2-3-5-12(10)8-11;/h2-6,8-9H,13H2,1H3;. The number of benzene rings is 2.